The van der Waals surface area contributed by atoms with Gasteiger partial charge in [0.05, 0.1) is 55.8 Å². The molecular formula is C34H54N2O7S2. The molecule has 0 aromatic heterocycles. The molecule has 254 valence electrons. The fourth-order valence-electron chi connectivity index (χ4n) is 4.37. The molecule has 0 aliphatic heterocycles. The number of nitrogens with one attached hydrogen (secondary N) is 1. The van der Waals surface area contributed by atoms with E-state index in [9.17, 15) is 22.8 Å². The molecule has 45 heavy (non-hydrogen) atoms. The Kier molecular flexibility index (Phi) is 17.3. The number of benzene rings is 2. The number of carbonyl (C=O) groups excluding carboxylic acids is 3. The fourth-order valence-corrected chi connectivity index (χ4v) is 5.23. The zero-order valence-electron chi connectivity index (χ0n) is 26.5. The van der Waals surface area contributed by atoms with E-state index < -0.39 is 22.0 Å². The number of hydrogen-bond acceptors (Lipinski definition) is 7. The normalized spacial score (nSPS) is 16.1. The summed E-state index contributed by atoms with van der Waals surface area (Å²) in [6.07, 6.45) is 2.83. The second kappa shape index (κ2) is 18.4. The monoisotopic (exact) mass is 666 g/mol. The van der Waals surface area contributed by atoms with Crippen LogP contribution >= 0.6 is 0 Å². The lowest BCUT2D eigenvalue weighted by Gasteiger charge is -2.22. The van der Waals surface area contributed by atoms with Crippen LogP contribution in [-0.4, -0.2) is 48.8 Å². The summed E-state index contributed by atoms with van der Waals surface area (Å²) in [5, 5.41) is 5.04. The minimum absolute atomic E-state index is 0. The lowest BCUT2D eigenvalue weighted by atomic mass is 10.0. The van der Waals surface area contributed by atoms with Crippen LogP contribution in [0, 0.1) is 0 Å². The number of ether oxygens (including phenoxy) is 2. The van der Waals surface area contributed by atoms with E-state index in [1.165, 1.54) is 0 Å². The summed E-state index contributed by atoms with van der Waals surface area (Å²) in [5.74, 6) is -0.479. The Hall–Kier alpha value is -2.73. The number of rotatable bonds is 6. The van der Waals surface area contributed by atoms with Gasteiger partial charge in [-0.15, -0.1) is 0 Å². The summed E-state index contributed by atoms with van der Waals surface area (Å²) in [5.41, 5.74) is 4.81. The van der Waals surface area contributed by atoms with Gasteiger partial charge in [-0.25, -0.2) is 22.7 Å². The predicted molar refractivity (Wildman–Crippen MR) is 185 cm³/mol. The number of Topliss-reactive ketones (excluding diaryl/α,β-unsaturated/α-hetero) is 1. The molecule has 0 saturated carbocycles. The van der Waals surface area contributed by atoms with E-state index in [0.717, 1.165) is 29.5 Å². The molecule has 0 amide bonds. The van der Waals surface area contributed by atoms with Crippen LogP contribution < -0.4 is 9.86 Å². The number of esters is 2. The Morgan fingerprint density at radius 1 is 0.822 bits per heavy atom. The Bertz CT molecular complexity index is 1360. The third-order valence-electron chi connectivity index (χ3n) is 6.75. The van der Waals surface area contributed by atoms with Crippen molar-refractivity contribution in [3.63, 3.8) is 0 Å². The highest BCUT2D eigenvalue weighted by Gasteiger charge is 2.30. The van der Waals surface area contributed by atoms with Crippen LogP contribution in [0.1, 0.15) is 137 Å². The van der Waals surface area contributed by atoms with Gasteiger partial charge >= 0.3 is 11.9 Å². The van der Waals surface area contributed by atoms with Crippen molar-refractivity contribution in [2.75, 3.05) is 13.2 Å². The van der Waals surface area contributed by atoms with E-state index in [2.05, 4.69) is 4.72 Å². The molecule has 11 heteroatoms. The Morgan fingerprint density at radius 3 is 1.78 bits per heavy atom. The highest BCUT2D eigenvalue weighted by molar-refractivity contribution is 7.84. The van der Waals surface area contributed by atoms with Gasteiger partial charge in [0.15, 0.2) is 5.78 Å². The topological polar surface area (TPSA) is 142 Å². The first-order chi connectivity index (χ1) is 20.0. The summed E-state index contributed by atoms with van der Waals surface area (Å²) < 4.78 is 35.3. The van der Waals surface area contributed by atoms with Crippen molar-refractivity contribution in [1.29, 1.82) is 0 Å². The maximum Gasteiger partial charge on any atom is 0.338 e. The van der Waals surface area contributed by atoms with E-state index in [1.54, 1.807) is 38.1 Å². The van der Waals surface area contributed by atoms with Gasteiger partial charge in [0.2, 0.25) is 0 Å². The molecule has 9 nitrogen and oxygen atoms in total. The largest absolute Gasteiger partial charge is 0.462 e. The van der Waals surface area contributed by atoms with Crippen LogP contribution in [0.3, 0.4) is 0 Å². The van der Waals surface area contributed by atoms with Crippen LogP contribution in [0.2, 0.25) is 0 Å². The van der Waals surface area contributed by atoms with Crippen LogP contribution in [0.15, 0.2) is 36.4 Å². The van der Waals surface area contributed by atoms with Crippen molar-refractivity contribution in [3.8, 4) is 0 Å². The molecule has 0 radical (unpaired) electrons. The van der Waals surface area contributed by atoms with Crippen LogP contribution in [0.4, 0.5) is 0 Å². The zero-order chi connectivity index (χ0) is 32.5. The van der Waals surface area contributed by atoms with Gasteiger partial charge in [0, 0.05) is 18.0 Å². The van der Waals surface area contributed by atoms with Crippen molar-refractivity contribution >= 4 is 39.7 Å². The van der Waals surface area contributed by atoms with Crippen molar-refractivity contribution < 1.29 is 32.3 Å². The van der Waals surface area contributed by atoms with Crippen molar-refractivity contribution in [2.24, 2.45) is 5.14 Å². The number of nitrogens with two attached hydrogens (primary N) is 1. The summed E-state index contributed by atoms with van der Waals surface area (Å²) in [6, 6.07) is 10.9. The Morgan fingerprint density at radius 2 is 1.31 bits per heavy atom. The lowest BCUT2D eigenvalue weighted by Crippen LogP contribution is -2.35. The van der Waals surface area contributed by atoms with Gasteiger partial charge in [0.1, 0.15) is 0 Å². The molecule has 2 aromatic carbocycles. The molecule has 0 heterocycles. The molecule has 3 N–H and O–H groups in total. The molecule has 0 bridgehead atoms. The molecule has 0 spiro atoms. The lowest BCUT2D eigenvalue weighted by molar-refractivity contribution is 0.0515. The number of fused-ring (bicyclic) bond motifs is 2. The van der Waals surface area contributed by atoms with E-state index in [4.69, 9.17) is 14.6 Å². The molecule has 0 saturated heterocycles. The second-order valence-electron chi connectivity index (χ2n) is 12.1. The molecule has 0 unspecified atom stereocenters. The maximum absolute atomic E-state index is 12.3. The van der Waals surface area contributed by atoms with E-state index >= 15 is 0 Å². The summed E-state index contributed by atoms with van der Waals surface area (Å²) >= 11 is 0. The highest BCUT2D eigenvalue weighted by atomic mass is 32.2. The minimum atomic E-state index is -1.18. The third kappa shape index (κ3) is 11.9. The minimum Gasteiger partial charge on any atom is -0.462 e. The third-order valence-corrected chi connectivity index (χ3v) is 9.57. The van der Waals surface area contributed by atoms with Crippen LogP contribution in [0.5, 0.6) is 0 Å². The maximum atomic E-state index is 12.3. The number of carbonyl (C=O) groups is 3. The first-order valence-corrected chi connectivity index (χ1v) is 16.8. The molecule has 2 aliphatic carbocycles. The summed E-state index contributed by atoms with van der Waals surface area (Å²) in [6.45, 7) is 15.6. The van der Waals surface area contributed by atoms with Gasteiger partial charge in [-0.3, -0.25) is 9.93 Å². The van der Waals surface area contributed by atoms with Crippen molar-refractivity contribution in [2.45, 2.75) is 111 Å². The van der Waals surface area contributed by atoms with Crippen LogP contribution in [-0.2, 0) is 44.3 Å². The van der Waals surface area contributed by atoms with Gasteiger partial charge in [-0.05, 0) is 103 Å². The summed E-state index contributed by atoms with van der Waals surface area (Å²) in [4.78, 5) is 35.0. The first kappa shape index (κ1) is 42.3. The standard InChI is InChI=1S/C16H23NO3S.C12H12O3.C4H11NOS.2CH4/c1-5-20-15(18)13-8-6-7-12-11(13)9-10-14(12)17-21(19)16(2,3)4;1-2-15-12(14)10-5-3-4-9-8(10)6-7-11(9)13;1-4(2,3)7(5)6;;/h6-8,14,17H,5,9-10H2,1-4H3;3-5H,2,6-7H2,1H3;5H2,1-3H3;2*1H4/t14-,21-;;7-;;/m0.0../s1. The quantitative estimate of drug-likeness (QED) is 0.332. The van der Waals surface area contributed by atoms with Crippen LogP contribution in [0.25, 0.3) is 0 Å². The van der Waals surface area contributed by atoms with E-state index in [0.29, 0.717) is 42.7 Å². The Labute approximate surface area is 275 Å². The van der Waals surface area contributed by atoms with E-state index in [1.807, 2.05) is 53.7 Å². The highest BCUT2D eigenvalue weighted by Crippen LogP contribution is 2.34. The molecule has 4 rings (SSSR count). The van der Waals surface area contributed by atoms with Gasteiger partial charge in [-0.1, -0.05) is 39.1 Å². The van der Waals surface area contributed by atoms with Gasteiger partial charge < -0.3 is 9.47 Å². The average Bonchev–Trinajstić information content (AvgIpc) is 3.52. The molecule has 2 aliphatic rings. The molecular weight excluding hydrogens is 613 g/mol. The molecule has 0 fully saturated rings. The van der Waals surface area contributed by atoms with Gasteiger partial charge in [0.25, 0.3) is 0 Å². The molecule has 3 atom stereocenters. The van der Waals surface area contributed by atoms with E-state index in [-0.39, 0.29) is 48.1 Å². The fraction of sp³-hybridized carbons (Fsp3) is 0.559. The number of hydrogen-bond donors (Lipinski definition) is 2. The molecule has 2 aromatic rings. The first-order valence-electron chi connectivity index (χ1n) is 14.5. The SMILES string of the molecule is C.C.CC(C)(C)[S@@](N)=O.CCOC(=O)c1cccc2c1CCC2=O.CCOC(=O)c1cccc2c1CC[C@@H]2N[S@@](=O)C(C)(C)C. The van der Waals surface area contributed by atoms with Crippen molar-refractivity contribution in [3.05, 3.63) is 69.8 Å². The zero-order valence-corrected chi connectivity index (χ0v) is 28.2. The average molecular weight is 667 g/mol. The van der Waals surface area contributed by atoms with Gasteiger partial charge in [-0.2, -0.15) is 0 Å². The Balaban J connectivity index is 0.000000707. The second-order valence-corrected chi connectivity index (χ2v) is 15.9. The van der Waals surface area contributed by atoms with Crippen molar-refractivity contribution in [1.82, 2.24) is 4.72 Å². The smallest absolute Gasteiger partial charge is 0.338 e. The summed E-state index contributed by atoms with van der Waals surface area (Å²) in [7, 11) is -2.30. The predicted octanol–water partition coefficient (Wildman–Crippen LogP) is 6.57. The number of ketones is 1.